The number of anilines is 6. The van der Waals surface area contributed by atoms with Gasteiger partial charge in [0, 0.05) is 45.3 Å². The minimum absolute atomic E-state index is 0.476. The molecule has 0 N–H and O–H groups in total. The molecule has 434 valence electrons. The molecule has 88 heavy (non-hydrogen) atoms. The third-order valence-corrected chi connectivity index (χ3v) is 17.4. The quantitative estimate of drug-likeness (QED) is 0.0700. The Hall–Kier alpha value is -10.3. The van der Waals surface area contributed by atoms with Crippen molar-refractivity contribution in [1.82, 2.24) is 0 Å². The highest BCUT2D eigenvalue weighted by molar-refractivity contribution is 7.17. The predicted octanol–water partition coefficient (Wildman–Crippen LogP) is 21.1. The van der Waals surface area contributed by atoms with E-state index >= 15 is 0 Å². The van der Waals surface area contributed by atoms with Crippen LogP contribution in [0.1, 0.15) is 57.0 Å². The third-order valence-electron chi connectivity index (χ3n) is 15.1. The number of ether oxygens (including phenoxy) is 6. The molecule has 0 saturated heterocycles. The van der Waals surface area contributed by atoms with Gasteiger partial charge >= 0.3 is 0 Å². The Morgan fingerprint density at radius 1 is 0.330 bits per heavy atom. The van der Waals surface area contributed by atoms with Crippen molar-refractivity contribution >= 4 is 105 Å². The number of nitrogens with zero attached hydrogens (tertiary/aromatic N) is 2. The number of benzene rings is 9. The molecule has 0 radical (unpaired) electrons. The second-order valence-corrected chi connectivity index (χ2v) is 23.0. The van der Waals surface area contributed by atoms with Gasteiger partial charge in [-0.1, -0.05) is 170 Å². The molecule has 8 nitrogen and oxygen atoms in total. The fraction of sp³-hybridized carbons (Fsp3) is 0.103. The first-order valence-corrected chi connectivity index (χ1v) is 31.4. The maximum Gasteiger partial charge on any atom is 0.180 e. The second-order valence-electron chi connectivity index (χ2n) is 20.9. The SMILES string of the molecule is CCOc1cc(/C=C/c2sc(-c3ccc(/C=C/c4ccc(N(c5ccccc5)c5ccccc5)cc4)cc3)c3c2OCCO3)c(OCC)cc1/C=C/c1sc(-c2ccc(/C=C/c3ccc(N(c4ccccc4)c4ccccc4)cc3)cc2)c2c1OCCO2. The molecule has 9 aromatic carbocycles. The third kappa shape index (κ3) is 12.8. The Kier molecular flexibility index (Phi) is 17.4. The van der Waals surface area contributed by atoms with E-state index < -0.39 is 0 Å². The van der Waals surface area contributed by atoms with Crippen LogP contribution in [0.2, 0.25) is 0 Å². The number of fused-ring (bicyclic) bond motifs is 2. The fourth-order valence-corrected chi connectivity index (χ4v) is 13.0. The highest BCUT2D eigenvalue weighted by Gasteiger charge is 2.26. The summed E-state index contributed by atoms with van der Waals surface area (Å²) in [6, 6.07) is 80.5. The van der Waals surface area contributed by atoms with E-state index in [9.17, 15) is 0 Å². The van der Waals surface area contributed by atoms with Crippen molar-refractivity contribution in [3.8, 4) is 55.4 Å². The molecular formula is C78H64N2O6S2. The van der Waals surface area contributed by atoms with Gasteiger partial charge in [-0.3, -0.25) is 0 Å². The first-order valence-electron chi connectivity index (χ1n) is 29.8. The van der Waals surface area contributed by atoms with E-state index in [2.05, 4.69) is 265 Å². The molecule has 0 bridgehead atoms. The summed E-state index contributed by atoms with van der Waals surface area (Å²) in [6.07, 6.45) is 17.0. The lowest BCUT2D eigenvalue weighted by atomic mass is 10.1. The molecule has 0 amide bonds. The number of hydrogen-bond acceptors (Lipinski definition) is 10. The van der Waals surface area contributed by atoms with Crippen molar-refractivity contribution in [3.63, 3.8) is 0 Å². The van der Waals surface area contributed by atoms with Gasteiger partial charge in [-0.15, -0.1) is 22.7 Å². The molecule has 0 atom stereocenters. The summed E-state index contributed by atoms with van der Waals surface area (Å²) < 4.78 is 38.0. The predicted molar refractivity (Wildman–Crippen MR) is 368 cm³/mol. The van der Waals surface area contributed by atoms with Crippen molar-refractivity contribution in [3.05, 3.63) is 274 Å². The summed E-state index contributed by atoms with van der Waals surface area (Å²) in [5.41, 5.74) is 15.0. The summed E-state index contributed by atoms with van der Waals surface area (Å²) in [5.74, 6) is 4.52. The van der Waals surface area contributed by atoms with Crippen LogP contribution in [0.15, 0.2) is 231 Å². The van der Waals surface area contributed by atoms with E-state index in [1.165, 1.54) is 0 Å². The van der Waals surface area contributed by atoms with Gasteiger partial charge in [-0.25, -0.2) is 0 Å². The highest BCUT2D eigenvalue weighted by Crippen LogP contribution is 2.52. The molecule has 0 fully saturated rings. The van der Waals surface area contributed by atoms with Gasteiger partial charge in [-0.2, -0.15) is 0 Å². The van der Waals surface area contributed by atoms with E-state index in [-0.39, 0.29) is 0 Å². The summed E-state index contributed by atoms with van der Waals surface area (Å²) in [6.45, 7) is 6.91. The van der Waals surface area contributed by atoms with E-state index in [4.69, 9.17) is 28.4 Å². The first kappa shape index (κ1) is 56.8. The van der Waals surface area contributed by atoms with Gasteiger partial charge in [0.1, 0.15) is 37.9 Å². The maximum absolute atomic E-state index is 6.34. The molecule has 2 aliphatic rings. The van der Waals surface area contributed by atoms with Crippen LogP contribution in [0.25, 0.3) is 69.5 Å². The zero-order valence-corrected chi connectivity index (χ0v) is 50.6. The van der Waals surface area contributed by atoms with Gasteiger partial charge in [0.25, 0.3) is 0 Å². The van der Waals surface area contributed by atoms with Gasteiger partial charge < -0.3 is 38.2 Å². The van der Waals surface area contributed by atoms with Gasteiger partial charge in [0.15, 0.2) is 23.0 Å². The van der Waals surface area contributed by atoms with E-state index in [1.807, 2.05) is 38.1 Å². The molecule has 11 aromatic rings. The van der Waals surface area contributed by atoms with Crippen LogP contribution < -0.4 is 38.2 Å². The summed E-state index contributed by atoms with van der Waals surface area (Å²) in [5, 5.41) is 0. The molecular weight excluding hydrogens is 1120 g/mol. The van der Waals surface area contributed by atoms with Crippen molar-refractivity contribution < 1.29 is 28.4 Å². The molecule has 4 heterocycles. The zero-order valence-electron chi connectivity index (χ0n) is 49.0. The highest BCUT2D eigenvalue weighted by atomic mass is 32.1. The van der Waals surface area contributed by atoms with Crippen molar-refractivity contribution in [2.24, 2.45) is 0 Å². The van der Waals surface area contributed by atoms with Crippen molar-refractivity contribution in [2.45, 2.75) is 13.8 Å². The topological polar surface area (TPSA) is 61.9 Å². The van der Waals surface area contributed by atoms with Crippen LogP contribution >= 0.6 is 22.7 Å². The van der Waals surface area contributed by atoms with Crippen LogP contribution in [-0.2, 0) is 0 Å². The van der Waals surface area contributed by atoms with Gasteiger partial charge in [-0.05, 0) is 156 Å². The second kappa shape index (κ2) is 27.0. The summed E-state index contributed by atoms with van der Waals surface area (Å²) in [7, 11) is 0. The number of hydrogen-bond donors (Lipinski definition) is 0. The molecule has 10 heteroatoms. The van der Waals surface area contributed by atoms with Crippen LogP contribution in [0.5, 0.6) is 34.5 Å². The van der Waals surface area contributed by atoms with E-state index in [0.717, 1.165) is 133 Å². The lowest BCUT2D eigenvalue weighted by molar-refractivity contribution is 0.174. The maximum atomic E-state index is 6.34. The molecule has 0 unspecified atom stereocenters. The van der Waals surface area contributed by atoms with Crippen LogP contribution in [0.4, 0.5) is 34.1 Å². The number of thiophene rings is 2. The molecule has 2 aromatic heterocycles. The Morgan fingerprint density at radius 2 is 0.614 bits per heavy atom. The standard InChI is InChI=1S/C78H64N2O6S2/c1-3-81-69-53-62(42-48-72-74-76(86-52-50-84-74)78(88-72)60-39-31-56(32-40-60)26-28-58-35-45-68(46-36-58)80(65-21-13-7-14-22-65)66-23-15-8-16-24-66)70(82-4-2)54-61(69)41-47-71-73-75(85-51-49-83-73)77(87-71)59-37-29-55(30-38-59)25-27-57-33-43-67(44-34-57)79(63-17-9-5-10-18-63)64-19-11-6-12-20-64/h5-48,53-54H,3-4,49-52H2,1-2H3/b27-25+,28-26+,47-41+,48-42+. The monoisotopic (exact) mass is 1190 g/mol. The Labute approximate surface area is 523 Å². The normalized spacial score (nSPS) is 12.8. The van der Waals surface area contributed by atoms with E-state index in [0.29, 0.717) is 39.6 Å². The first-order chi connectivity index (χ1) is 43.5. The molecule has 13 rings (SSSR count). The van der Waals surface area contributed by atoms with E-state index in [1.54, 1.807) is 22.7 Å². The Bertz CT molecular complexity index is 3900. The fourth-order valence-electron chi connectivity index (χ4n) is 10.8. The van der Waals surface area contributed by atoms with Crippen LogP contribution in [0, 0.1) is 0 Å². The number of rotatable bonds is 20. The van der Waals surface area contributed by atoms with Crippen LogP contribution in [-0.4, -0.2) is 39.6 Å². The van der Waals surface area contributed by atoms with Gasteiger partial charge in [0.2, 0.25) is 0 Å². The lowest BCUT2D eigenvalue weighted by Gasteiger charge is -2.25. The number of para-hydroxylation sites is 4. The summed E-state index contributed by atoms with van der Waals surface area (Å²) >= 11 is 3.30. The van der Waals surface area contributed by atoms with Gasteiger partial charge in [0.05, 0.1) is 32.7 Å². The lowest BCUT2D eigenvalue weighted by Crippen LogP contribution is -2.14. The largest absolute Gasteiger partial charge is 0.493 e. The molecule has 0 aliphatic carbocycles. The Morgan fingerprint density at radius 3 is 0.920 bits per heavy atom. The Balaban J connectivity index is 0.704. The molecule has 0 spiro atoms. The molecule has 2 aliphatic heterocycles. The zero-order chi connectivity index (χ0) is 59.4. The minimum Gasteiger partial charge on any atom is -0.493 e. The summed E-state index contributed by atoms with van der Waals surface area (Å²) in [4.78, 5) is 8.51. The van der Waals surface area contributed by atoms with Crippen molar-refractivity contribution in [1.29, 1.82) is 0 Å². The smallest absolute Gasteiger partial charge is 0.180 e. The average Bonchev–Trinajstić information content (AvgIpc) is 3.61. The minimum atomic E-state index is 0.476. The van der Waals surface area contributed by atoms with Crippen molar-refractivity contribution in [2.75, 3.05) is 49.4 Å². The molecule has 0 saturated carbocycles. The van der Waals surface area contributed by atoms with Crippen LogP contribution in [0.3, 0.4) is 0 Å². The average molecular weight is 1190 g/mol.